The van der Waals surface area contributed by atoms with E-state index in [0.717, 1.165) is 38.5 Å². The minimum absolute atomic E-state index is 0.0577. The Morgan fingerprint density at radius 2 is 1.40 bits per heavy atom. The van der Waals surface area contributed by atoms with Gasteiger partial charge in [-0.3, -0.25) is 9.59 Å². The number of aliphatic hydroxyl groups is 3. The summed E-state index contributed by atoms with van der Waals surface area (Å²) in [6.45, 7) is 8.43. The van der Waals surface area contributed by atoms with E-state index < -0.39 is 29.8 Å². The Kier molecular flexibility index (Phi) is 13.2. The number of aliphatic hydroxyl groups excluding tert-OH is 2. The molecule has 0 aliphatic heterocycles. The number of amides is 2. The molecule has 3 saturated carbocycles. The zero-order chi connectivity index (χ0) is 29.3. The Hall–Kier alpha value is -1.18. The molecular formula is C33H60N2O5. The zero-order valence-electron chi connectivity index (χ0n) is 26.0. The molecule has 4 N–H and O–H groups in total. The number of nitrogens with zero attached hydrogens (tertiary/aromatic N) is 1. The Balaban J connectivity index is 1.71. The second-order valence-corrected chi connectivity index (χ2v) is 14.7. The average molecular weight is 565 g/mol. The summed E-state index contributed by atoms with van der Waals surface area (Å²) in [6.07, 6.45) is 13.8. The SMILES string of the molecule is CC(C)C[C@H](O)[C@H](O)[C@H](CC1CCCCC1)NC(=O)[C@@H](CC(=O)N(CC1CCCCC1)CC(C)(C)O)CC1CC1. The van der Waals surface area contributed by atoms with Crippen molar-refractivity contribution in [3.8, 4) is 0 Å². The van der Waals surface area contributed by atoms with E-state index in [1.807, 2.05) is 18.7 Å². The maximum atomic E-state index is 13.8. The summed E-state index contributed by atoms with van der Waals surface area (Å²) < 4.78 is 0. The van der Waals surface area contributed by atoms with E-state index in [0.29, 0.717) is 43.6 Å². The molecule has 7 heteroatoms. The Bertz CT molecular complexity index is 765. The lowest BCUT2D eigenvalue weighted by Crippen LogP contribution is -2.52. The van der Waals surface area contributed by atoms with Crippen molar-refractivity contribution in [3.05, 3.63) is 0 Å². The third-order valence-corrected chi connectivity index (χ3v) is 9.40. The molecule has 232 valence electrons. The quantitative estimate of drug-likeness (QED) is 0.206. The number of hydrogen-bond donors (Lipinski definition) is 4. The van der Waals surface area contributed by atoms with Crippen molar-refractivity contribution in [3.63, 3.8) is 0 Å². The van der Waals surface area contributed by atoms with Gasteiger partial charge < -0.3 is 25.5 Å². The molecule has 0 spiro atoms. The number of nitrogens with one attached hydrogen (secondary N) is 1. The van der Waals surface area contributed by atoms with E-state index in [1.54, 1.807) is 13.8 Å². The van der Waals surface area contributed by atoms with Crippen molar-refractivity contribution >= 4 is 11.8 Å². The van der Waals surface area contributed by atoms with Crippen LogP contribution in [0.5, 0.6) is 0 Å². The molecule has 3 aliphatic rings. The fourth-order valence-corrected chi connectivity index (χ4v) is 7.04. The van der Waals surface area contributed by atoms with Crippen molar-refractivity contribution in [2.24, 2.45) is 29.6 Å². The Morgan fingerprint density at radius 1 is 0.850 bits per heavy atom. The highest BCUT2D eigenvalue weighted by molar-refractivity contribution is 5.86. The van der Waals surface area contributed by atoms with E-state index in [9.17, 15) is 24.9 Å². The van der Waals surface area contributed by atoms with Gasteiger partial charge in [0, 0.05) is 25.4 Å². The smallest absolute Gasteiger partial charge is 0.223 e. The van der Waals surface area contributed by atoms with Crippen LogP contribution in [0.4, 0.5) is 0 Å². The van der Waals surface area contributed by atoms with Crippen LogP contribution < -0.4 is 5.32 Å². The van der Waals surface area contributed by atoms with E-state index in [-0.39, 0.29) is 30.7 Å². The maximum absolute atomic E-state index is 13.8. The number of hydrogen-bond acceptors (Lipinski definition) is 5. The van der Waals surface area contributed by atoms with Gasteiger partial charge in [-0.2, -0.15) is 0 Å². The molecule has 0 heterocycles. The van der Waals surface area contributed by atoms with Crippen LogP contribution in [0.15, 0.2) is 0 Å². The highest BCUT2D eigenvalue weighted by Crippen LogP contribution is 2.37. The number of carbonyl (C=O) groups is 2. The van der Waals surface area contributed by atoms with Gasteiger partial charge in [0.1, 0.15) is 6.10 Å². The number of carbonyl (C=O) groups excluding carboxylic acids is 2. The van der Waals surface area contributed by atoms with Gasteiger partial charge in [-0.25, -0.2) is 0 Å². The molecular weight excluding hydrogens is 504 g/mol. The van der Waals surface area contributed by atoms with Crippen molar-refractivity contribution in [2.45, 2.75) is 154 Å². The zero-order valence-corrected chi connectivity index (χ0v) is 26.0. The van der Waals surface area contributed by atoms with Crippen LogP contribution in [0.2, 0.25) is 0 Å². The third kappa shape index (κ3) is 12.0. The molecule has 7 nitrogen and oxygen atoms in total. The normalized spacial score (nSPS) is 22.5. The fourth-order valence-electron chi connectivity index (χ4n) is 7.04. The molecule has 0 aromatic rings. The predicted octanol–water partition coefficient (Wildman–Crippen LogP) is 5.20. The average Bonchev–Trinajstić information content (AvgIpc) is 3.71. The maximum Gasteiger partial charge on any atom is 0.223 e. The van der Waals surface area contributed by atoms with Gasteiger partial charge in [0.05, 0.1) is 17.7 Å². The highest BCUT2D eigenvalue weighted by Gasteiger charge is 2.37. The van der Waals surface area contributed by atoms with Gasteiger partial charge in [0.25, 0.3) is 0 Å². The Morgan fingerprint density at radius 3 is 1.93 bits per heavy atom. The topological polar surface area (TPSA) is 110 Å². The first-order chi connectivity index (χ1) is 18.9. The largest absolute Gasteiger partial charge is 0.390 e. The van der Waals surface area contributed by atoms with Crippen molar-refractivity contribution in [2.75, 3.05) is 13.1 Å². The van der Waals surface area contributed by atoms with Crippen molar-refractivity contribution in [1.29, 1.82) is 0 Å². The molecule has 40 heavy (non-hydrogen) atoms. The minimum Gasteiger partial charge on any atom is -0.390 e. The summed E-state index contributed by atoms with van der Waals surface area (Å²) in [6, 6.07) is -0.518. The van der Waals surface area contributed by atoms with Crippen molar-refractivity contribution < 1.29 is 24.9 Å². The first-order valence-corrected chi connectivity index (χ1v) is 16.6. The summed E-state index contributed by atoms with van der Waals surface area (Å²) in [4.78, 5) is 29.3. The lowest BCUT2D eigenvalue weighted by atomic mass is 9.82. The third-order valence-electron chi connectivity index (χ3n) is 9.40. The molecule has 0 bridgehead atoms. The lowest BCUT2D eigenvalue weighted by molar-refractivity contribution is -0.140. The van der Waals surface area contributed by atoms with Gasteiger partial charge >= 0.3 is 0 Å². The highest BCUT2D eigenvalue weighted by atomic mass is 16.3. The Labute approximate surface area is 243 Å². The van der Waals surface area contributed by atoms with Gasteiger partial charge in [-0.15, -0.1) is 0 Å². The van der Waals surface area contributed by atoms with Gasteiger partial charge in [-0.1, -0.05) is 78.1 Å². The lowest BCUT2D eigenvalue weighted by Gasteiger charge is -2.35. The second-order valence-electron chi connectivity index (χ2n) is 14.7. The van der Waals surface area contributed by atoms with E-state index in [1.165, 1.54) is 38.5 Å². The van der Waals surface area contributed by atoms with Crippen LogP contribution in [0.25, 0.3) is 0 Å². The summed E-state index contributed by atoms with van der Waals surface area (Å²) >= 11 is 0. The molecule has 4 atom stereocenters. The summed E-state index contributed by atoms with van der Waals surface area (Å²) in [5, 5.41) is 35.7. The molecule has 2 amide bonds. The van der Waals surface area contributed by atoms with Crippen molar-refractivity contribution in [1.82, 2.24) is 10.2 Å². The predicted molar refractivity (Wildman–Crippen MR) is 159 cm³/mol. The summed E-state index contributed by atoms with van der Waals surface area (Å²) in [5.74, 6) is 0.906. The first kappa shape index (κ1) is 33.3. The first-order valence-electron chi connectivity index (χ1n) is 16.6. The molecule has 3 aliphatic carbocycles. The molecule has 0 saturated heterocycles. The van der Waals surface area contributed by atoms with E-state index in [4.69, 9.17) is 0 Å². The minimum atomic E-state index is -1.02. The van der Waals surface area contributed by atoms with Crippen LogP contribution in [-0.2, 0) is 9.59 Å². The molecule has 0 unspecified atom stereocenters. The van der Waals surface area contributed by atoms with Crippen LogP contribution >= 0.6 is 0 Å². The van der Waals surface area contributed by atoms with Crippen LogP contribution in [0, 0.1) is 29.6 Å². The van der Waals surface area contributed by atoms with E-state index in [2.05, 4.69) is 5.32 Å². The fraction of sp³-hybridized carbons (Fsp3) is 0.939. The summed E-state index contributed by atoms with van der Waals surface area (Å²) in [7, 11) is 0. The van der Waals surface area contributed by atoms with Crippen LogP contribution in [0.3, 0.4) is 0 Å². The van der Waals surface area contributed by atoms with Crippen LogP contribution in [0.1, 0.15) is 130 Å². The molecule has 0 radical (unpaired) electrons. The molecule has 0 aromatic heterocycles. The molecule has 3 rings (SSSR count). The second kappa shape index (κ2) is 15.9. The van der Waals surface area contributed by atoms with Gasteiger partial charge in [0.15, 0.2) is 0 Å². The molecule has 0 aromatic carbocycles. The van der Waals surface area contributed by atoms with Gasteiger partial charge in [-0.05, 0) is 69.6 Å². The standard InChI is InChI=1S/C33H60N2O5/c1-23(2)17-29(36)31(38)28(19-24-11-7-5-8-12-24)34-32(39)27(18-25-15-16-25)20-30(37)35(22-33(3,4)40)21-26-13-9-6-10-14-26/h23-29,31,36,38,40H,5-22H2,1-4H3,(H,34,39)/t27-,28+,29+,31-/m1/s1. The monoisotopic (exact) mass is 564 g/mol. The van der Waals surface area contributed by atoms with E-state index >= 15 is 0 Å². The van der Waals surface area contributed by atoms with Gasteiger partial charge in [0.2, 0.25) is 11.8 Å². The van der Waals surface area contributed by atoms with Crippen LogP contribution in [-0.4, -0.2) is 69.0 Å². The summed E-state index contributed by atoms with van der Waals surface area (Å²) in [5.41, 5.74) is -1.000. The molecule has 3 fully saturated rings. The number of rotatable bonds is 16.